The van der Waals surface area contributed by atoms with Gasteiger partial charge in [0, 0.05) is 6.07 Å². The molecule has 2 N–H and O–H groups in total. The summed E-state index contributed by atoms with van der Waals surface area (Å²) in [5.74, 6) is -1.87. The summed E-state index contributed by atoms with van der Waals surface area (Å²) < 4.78 is 24.8. The summed E-state index contributed by atoms with van der Waals surface area (Å²) in [6, 6.07) is 1.38. The van der Waals surface area contributed by atoms with Gasteiger partial charge in [-0.05, 0) is 11.2 Å². The zero-order valence-electron chi connectivity index (χ0n) is 5.34. The van der Waals surface area contributed by atoms with Crippen molar-refractivity contribution in [3.05, 3.63) is 28.7 Å². The highest BCUT2D eigenvalue weighted by atomic mass is 19.1. The minimum atomic E-state index is -1.04. The van der Waals surface area contributed by atoms with Gasteiger partial charge in [0.25, 0.3) is 0 Å². The molecule has 5 heteroatoms. The number of hydrogen-bond donors (Lipinski definition) is 1. The molecule has 0 aliphatic carbocycles. The molecule has 1 rings (SSSR count). The zero-order chi connectivity index (χ0) is 8.43. The van der Waals surface area contributed by atoms with E-state index in [0.717, 1.165) is 6.07 Å². The van der Waals surface area contributed by atoms with E-state index in [4.69, 9.17) is 5.73 Å². The van der Waals surface area contributed by atoms with E-state index < -0.39 is 17.3 Å². The SMILES string of the molecule is Nc1cc(F)cc(F)c1N=O. The molecule has 0 radical (unpaired) electrons. The zero-order valence-corrected chi connectivity index (χ0v) is 5.34. The first-order valence-corrected chi connectivity index (χ1v) is 2.73. The predicted octanol–water partition coefficient (Wildman–Crippen LogP) is 1.94. The molecule has 0 heterocycles. The van der Waals surface area contributed by atoms with Crippen molar-refractivity contribution in [3.63, 3.8) is 0 Å². The maximum Gasteiger partial charge on any atom is 0.166 e. The van der Waals surface area contributed by atoms with Crippen LogP contribution in [-0.4, -0.2) is 0 Å². The summed E-state index contributed by atoms with van der Waals surface area (Å²) in [4.78, 5) is 9.87. The molecule has 1 aromatic carbocycles. The van der Waals surface area contributed by atoms with Gasteiger partial charge in [-0.2, -0.15) is 0 Å². The van der Waals surface area contributed by atoms with Crippen molar-refractivity contribution in [1.29, 1.82) is 0 Å². The Bertz CT molecular complexity index is 278. The lowest BCUT2D eigenvalue weighted by atomic mass is 10.2. The Morgan fingerprint density at radius 2 is 2.00 bits per heavy atom. The van der Waals surface area contributed by atoms with Crippen LogP contribution < -0.4 is 5.73 Å². The van der Waals surface area contributed by atoms with Crippen LogP contribution in [0.4, 0.5) is 20.2 Å². The van der Waals surface area contributed by atoms with Gasteiger partial charge in [-0.15, -0.1) is 4.91 Å². The largest absolute Gasteiger partial charge is 0.397 e. The number of nitroso groups, excluding NO2 is 1. The standard InChI is InChI=1S/C6H4F2N2O/c7-3-1-4(8)6(10-11)5(9)2-3/h1-2H,9H2. The van der Waals surface area contributed by atoms with E-state index in [1.807, 2.05) is 0 Å². The van der Waals surface area contributed by atoms with Crippen LogP contribution in [0.1, 0.15) is 0 Å². The predicted molar refractivity (Wildman–Crippen MR) is 36.2 cm³/mol. The fourth-order valence-corrected chi connectivity index (χ4v) is 0.682. The van der Waals surface area contributed by atoms with E-state index in [9.17, 15) is 13.7 Å². The van der Waals surface area contributed by atoms with Gasteiger partial charge < -0.3 is 5.73 Å². The molecule has 0 spiro atoms. The van der Waals surface area contributed by atoms with E-state index in [2.05, 4.69) is 5.18 Å². The summed E-state index contributed by atoms with van der Waals surface area (Å²) in [6.07, 6.45) is 0. The monoisotopic (exact) mass is 158 g/mol. The van der Waals surface area contributed by atoms with Gasteiger partial charge in [0.15, 0.2) is 11.5 Å². The van der Waals surface area contributed by atoms with Gasteiger partial charge in [-0.1, -0.05) is 0 Å². The van der Waals surface area contributed by atoms with Crippen LogP contribution in [0.2, 0.25) is 0 Å². The average Bonchev–Trinajstić information content (AvgIpc) is 1.85. The fourth-order valence-electron chi connectivity index (χ4n) is 0.682. The highest BCUT2D eigenvalue weighted by molar-refractivity contribution is 5.62. The number of nitrogen functional groups attached to an aromatic ring is 1. The minimum Gasteiger partial charge on any atom is -0.397 e. The van der Waals surface area contributed by atoms with Crippen molar-refractivity contribution in [3.8, 4) is 0 Å². The molecule has 0 bridgehead atoms. The third-order valence-corrected chi connectivity index (χ3v) is 1.15. The lowest BCUT2D eigenvalue weighted by molar-refractivity contribution is 0.586. The Morgan fingerprint density at radius 1 is 1.36 bits per heavy atom. The number of hydrogen-bond acceptors (Lipinski definition) is 3. The number of halogens is 2. The summed E-state index contributed by atoms with van der Waals surface area (Å²) in [5.41, 5.74) is 4.22. The summed E-state index contributed by atoms with van der Waals surface area (Å²) in [5, 5.41) is 2.29. The summed E-state index contributed by atoms with van der Waals surface area (Å²) >= 11 is 0. The first-order chi connectivity index (χ1) is 5.15. The highest BCUT2D eigenvalue weighted by Gasteiger charge is 2.08. The third-order valence-electron chi connectivity index (χ3n) is 1.15. The number of anilines is 1. The van der Waals surface area contributed by atoms with Gasteiger partial charge in [0.2, 0.25) is 0 Å². The van der Waals surface area contributed by atoms with Crippen LogP contribution in [0.25, 0.3) is 0 Å². The van der Waals surface area contributed by atoms with Crippen molar-refractivity contribution in [1.82, 2.24) is 0 Å². The molecule has 1 aromatic rings. The van der Waals surface area contributed by atoms with Crippen LogP contribution in [0.15, 0.2) is 17.3 Å². The van der Waals surface area contributed by atoms with Crippen LogP contribution in [-0.2, 0) is 0 Å². The maximum absolute atomic E-state index is 12.5. The van der Waals surface area contributed by atoms with E-state index in [1.165, 1.54) is 0 Å². The Kier molecular flexibility index (Phi) is 1.80. The first kappa shape index (κ1) is 7.59. The molecular formula is C6H4F2N2O. The van der Waals surface area contributed by atoms with Crippen LogP contribution in [0.3, 0.4) is 0 Å². The lowest BCUT2D eigenvalue weighted by Crippen LogP contribution is -1.89. The normalized spacial score (nSPS) is 9.64. The number of nitrogens with two attached hydrogens (primary N) is 1. The van der Waals surface area contributed by atoms with E-state index in [1.54, 1.807) is 0 Å². The van der Waals surface area contributed by atoms with Crippen LogP contribution >= 0.6 is 0 Å². The molecule has 3 nitrogen and oxygen atoms in total. The number of nitrogens with zero attached hydrogens (tertiary/aromatic N) is 1. The van der Waals surface area contributed by atoms with Gasteiger partial charge in [-0.3, -0.25) is 0 Å². The molecule has 0 saturated carbocycles. The second-order valence-electron chi connectivity index (χ2n) is 1.92. The van der Waals surface area contributed by atoms with E-state index in [-0.39, 0.29) is 5.69 Å². The summed E-state index contributed by atoms with van der Waals surface area (Å²) in [7, 11) is 0. The van der Waals surface area contributed by atoms with Gasteiger partial charge >= 0.3 is 0 Å². The highest BCUT2D eigenvalue weighted by Crippen LogP contribution is 2.25. The molecule has 58 valence electrons. The molecule has 0 aliphatic heterocycles. The van der Waals surface area contributed by atoms with Crippen molar-refractivity contribution < 1.29 is 8.78 Å². The minimum absolute atomic E-state index is 0.294. The average molecular weight is 158 g/mol. The molecule has 0 aliphatic rings. The molecule has 0 saturated heterocycles. The fraction of sp³-hybridized carbons (Fsp3) is 0. The molecule has 0 aromatic heterocycles. The second kappa shape index (κ2) is 2.61. The lowest BCUT2D eigenvalue weighted by Gasteiger charge is -1.97. The Morgan fingerprint density at radius 3 is 2.45 bits per heavy atom. The third kappa shape index (κ3) is 1.31. The van der Waals surface area contributed by atoms with Crippen molar-refractivity contribution in [2.75, 3.05) is 5.73 Å². The van der Waals surface area contributed by atoms with Crippen molar-refractivity contribution in [2.45, 2.75) is 0 Å². The topological polar surface area (TPSA) is 55.4 Å². The Hall–Kier alpha value is -1.52. The molecule has 0 unspecified atom stereocenters. The quantitative estimate of drug-likeness (QED) is 0.501. The van der Waals surface area contributed by atoms with Crippen LogP contribution in [0, 0.1) is 16.5 Å². The second-order valence-corrected chi connectivity index (χ2v) is 1.92. The first-order valence-electron chi connectivity index (χ1n) is 2.73. The maximum atomic E-state index is 12.5. The van der Waals surface area contributed by atoms with E-state index in [0.29, 0.717) is 6.07 Å². The van der Waals surface area contributed by atoms with Gasteiger partial charge in [0.05, 0.1) is 5.69 Å². The molecule has 0 atom stereocenters. The van der Waals surface area contributed by atoms with Gasteiger partial charge in [-0.25, -0.2) is 8.78 Å². The number of rotatable bonds is 1. The number of benzene rings is 1. The molecular weight excluding hydrogens is 154 g/mol. The van der Waals surface area contributed by atoms with Crippen molar-refractivity contribution in [2.24, 2.45) is 5.18 Å². The van der Waals surface area contributed by atoms with E-state index >= 15 is 0 Å². The summed E-state index contributed by atoms with van der Waals surface area (Å²) in [6.45, 7) is 0. The molecule has 0 amide bonds. The van der Waals surface area contributed by atoms with Crippen molar-refractivity contribution >= 4 is 11.4 Å². The smallest absolute Gasteiger partial charge is 0.166 e. The van der Waals surface area contributed by atoms with Crippen LogP contribution in [0.5, 0.6) is 0 Å². The molecule has 11 heavy (non-hydrogen) atoms. The Labute approximate surface area is 60.8 Å². The van der Waals surface area contributed by atoms with Gasteiger partial charge in [0.1, 0.15) is 5.82 Å². The molecule has 0 fully saturated rings. The Balaban J connectivity index is 3.36.